The van der Waals surface area contributed by atoms with Gasteiger partial charge in [-0.2, -0.15) is 0 Å². The molecule has 1 amide bonds. The summed E-state index contributed by atoms with van der Waals surface area (Å²) < 4.78 is 4.99. The lowest BCUT2D eigenvalue weighted by Crippen LogP contribution is -2.20. The lowest BCUT2D eigenvalue weighted by atomic mass is 10.0. The molecular formula is C7H11NO2. The molecule has 1 rings (SSSR count). The van der Waals surface area contributed by atoms with Crippen molar-refractivity contribution in [3.8, 4) is 0 Å². The van der Waals surface area contributed by atoms with Gasteiger partial charge in [-0.15, -0.1) is 0 Å². The first kappa shape index (κ1) is 7.12. The third-order valence-electron chi connectivity index (χ3n) is 1.55. The highest BCUT2D eigenvalue weighted by atomic mass is 16.5. The van der Waals surface area contributed by atoms with Gasteiger partial charge >= 0.3 is 0 Å². The summed E-state index contributed by atoms with van der Waals surface area (Å²) in [7, 11) is 0. The van der Waals surface area contributed by atoms with Gasteiger partial charge in [-0.05, 0) is 18.9 Å². The molecule has 0 radical (unpaired) electrons. The summed E-state index contributed by atoms with van der Waals surface area (Å²) >= 11 is 0. The molecule has 2 N–H and O–H groups in total. The number of nitrogens with two attached hydrogens (primary N) is 1. The molecule has 0 spiro atoms. The van der Waals surface area contributed by atoms with E-state index in [9.17, 15) is 4.79 Å². The molecule has 3 heteroatoms. The van der Waals surface area contributed by atoms with Crippen LogP contribution in [-0.4, -0.2) is 12.5 Å². The van der Waals surface area contributed by atoms with Crippen molar-refractivity contribution in [1.29, 1.82) is 0 Å². The van der Waals surface area contributed by atoms with Crippen LogP contribution in [0.1, 0.15) is 12.8 Å². The Morgan fingerprint density at radius 2 is 2.50 bits per heavy atom. The van der Waals surface area contributed by atoms with Crippen molar-refractivity contribution < 1.29 is 9.53 Å². The molecule has 0 saturated carbocycles. The third-order valence-corrected chi connectivity index (χ3v) is 1.55. The highest BCUT2D eigenvalue weighted by Gasteiger charge is 2.12. The minimum atomic E-state index is -0.262. The van der Waals surface area contributed by atoms with Crippen molar-refractivity contribution in [2.75, 3.05) is 6.61 Å². The summed E-state index contributed by atoms with van der Waals surface area (Å²) in [5, 5.41) is 0. The molecule has 10 heavy (non-hydrogen) atoms. The van der Waals surface area contributed by atoms with Gasteiger partial charge < -0.3 is 10.5 Å². The Morgan fingerprint density at radius 1 is 1.70 bits per heavy atom. The fraction of sp³-hybridized carbons (Fsp3) is 0.571. The second kappa shape index (κ2) is 3.25. The van der Waals surface area contributed by atoms with Gasteiger partial charge in [0.05, 0.1) is 18.8 Å². The molecule has 0 fully saturated rings. The quantitative estimate of drug-likeness (QED) is 0.575. The van der Waals surface area contributed by atoms with Crippen LogP contribution >= 0.6 is 0 Å². The van der Waals surface area contributed by atoms with Crippen LogP contribution in [0.5, 0.6) is 0 Å². The van der Waals surface area contributed by atoms with Crippen LogP contribution in [0.15, 0.2) is 12.3 Å². The third kappa shape index (κ3) is 1.76. The van der Waals surface area contributed by atoms with Crippen molar-refractivity contribution in [3.63, 3.8) is 0 Å². The van der Waals surface area contributed by atoms with Crippen LogP contribution in [0, 0.1) is 5.92 Å². The molecule has 3 nitrogen and oxygen atoms in total. The zero-order valence-electron chi connectivity index (χ0n) is 5.75. The maximum atomic E-state index is 10.6. The summed E-state index contributed by atoms with van der Waals surface area (Å²) in [6, 6.07) is 0. The number of primary amides is 1. The summed E-state index contributed by atoms with van der Waals surface area (Å²) in [6.07, 6.45) is 4.99. The van der Waals surface area contributed by atoms with Crippen LogP contribution in [0.25, 0.3) is 0 Å². The van der Waals surface area contributed by atoms with Gasteiger partial charge in [-0.1, -0.05) is 0 Å². The first-order chi connectivity index (χ1) is 4.80. The fourth-order valence-corrected chi connectivity index (χ4v) is 0.938. The van der Waals surface area contributed by atoms with E-state index in [4.69, 9.17) is 10.5 Å². The highest BCUT2D eigenvalue weighted by molar-refractivity contribution is 5.78. The largest absolute Gasteiger partial charge is 0.502 e. The van der Waals surface area contributed by atoms with Crippen molar-refractivity contribution in [1.82, 2.24) is 0 Å². The number of rotatable bonds is 1. The molecule has 0 saturated heterocycles. The van der Waals surface area contributed by atoms with Crippen molar-refractivity contribution >= 4 is 5.91 Å². The summed E-state index contributed by atoms with van der Waals surface area (Å²) in [5.74, 6) is -0.385. The zero-order chi connectivity index (χ0) is 7.40. The van der Waals surface area contributed by atoms with E-state index in [2.05, 4.69) is 0 Å². The standard InChI is InChI=1S/C7H11NO2/c8-7(9)6-2-1-4-10-5-3-6/h3,5-6H,1-2,4H2,(H2,8,9). The highest BCUT2D eigenvalue weighted by Crippen LogP contribution is 2.11. The molecule has 0 aliphatic carbocycles. The second-order valence-corrected chi connectivity index (χ2v) is 2.35. The van der Waals surface area contributed by atoms with Crippen molar-refractivity contribution in [2.45, 2.75) is 12.8 Å². The molecule has 1 atom stereocenters. The lowest BCUT2D eigenvalue weighted by molar-refractivity contribution is -0.120. The number of hydrogen-bond acceptors (Lipinski definition) is 2. The Bertz CT molecular complexity index is 154. The van der Waals surface area contributed by atoms with Crippen LogP contribution in [-0.2, 0) is 9.53 Å². The summed E-state index contributed by atoms with van der Waals surface area (Å²) in [6.45, 7) is 0.695. The van der Waals surface area contributed by atoms with E-state index in [0.29, 0.717) is 6.61 Å². The minimum absolute atomic E-state index is 0.123. The first-order valence-electron chi connectivity index (χ1n) is 3.38. The van der Waals surface area contributed by atoms with E-state index in [1.165, 1.54) is 0 Å². The molecule has 1 heterocycles. The summed E-state index contributed by atoms with van der Waals surface area (Å²) in [5.41, 5.74) is 5.09. The van der Waals surface area contributed by atoms with Gasteiger partial charge in [0.2, 0.25) is 5.91 Å². The molecule has 0 aromatic carbocycles. The van der Waals surface area contributed by atoms with Gasteiger partial charge in [0.1, 0.15) is 0 Å². The molecule has 1 aliphatic rings. The van der Waals surface area contributed by atoms with Crippen LogP contribution in [0.2, 0.25) is 0 Å². The second-order valence-electron chi connectivity index (χ2n) is 2.35. The smallest absolute Gasteiger partial charge is 0.224 e. The number of hydrogen-bond donors (Lipinski definition) is 1. The predicted octanol–water partition coefficient (Wildman–Crippen LogP) is 0.412. The Labute approximate surface area is 59.8 Å². The first-order valence-corrected chi connectivity index (χ1v) is 3.38. The molecule has 0 aromatic heterocycles. The van der Waals surface area contributed by atoms with E-state index < -0.39 is 0 Å². The van der Waals surface area contributed by atoms with E-state index in [-0.39, 0.29) is 11.8 Å². The Balaban J connectivity index is 2.49. The maximum absolute atomic E-state index is 10.6. The van der Waals surface area contributed by atoms with Gasteiger partial charge in [-0.3, -0.25) is 4.79 Å². The zero-order valence-corrected chi connectivity index (χ0v) is 5.75. The maximum Gasteiger partial charge on any atom is 0.224 e. The van der Waals surface area contributed by atoms with Crippen LogP contribution in [0.4, 0.5) is 0 Å². The lowest BCUT2D eigenvalue weighted by Gasteiger charge is -2.02. The van der Waals surface area contributed by atoms with Crippen LogP contribution < -0.4 is 5.73 Å². The van der Waals surface area contributed by atoms with E-state index >= 15 is 0 Å². The topological polar surface area (TPSA) is 52.3 Å². The Kier molecular flexibility index (Phi) is 2.31. The normalized spacial score (nSPS) is 25.0. The van der Waals surface area contributed by atoms with E-state index in [1.54, 1.807) is 12.3 Å². The van der Waals surface area contributed by atoms with Crippen molar-refractivity contribution in [3.05, 3.63) is 12.3 Å². The van der Waals surface area contributed by atoms with Crippen LogP contribution in [0.3, 0.4) is 0 Å². The van der Waals surface area contributed by atoms with Gasteiger partial charge in [0, 0.05) is 0 Å². The molecular weight excluding hydrogens is 130 g/mol. The molecule has 56 valence electrons. The SMILES string of the molecule is NC(=O)C1C=COCCC1. The Morgan fingerprint density at radius 3 is 3.20 bits per heavy atom. The number of carbonyl (C=O) groups is 1. The van der Waals surface area contributed by atoms with E-state index in [0.717, 1.165) is 12.8 Å². The molecule has 0 bridgehead atoms. The van der Waals surface area contributed by atoms with E-state index in [1.807, 2.05) is 0 Å². The predicted molar refractivity (Wildman–Crippen MR) is 37.0 cm³/mol. The Hall–Kier alpha value is -0.990. The van der Waals surface area contributed by atoms with Gasteiger partial charge in [0.25, 0.3) is 0 Å². The molecule has 1 aliphatic heterocycles. The number of ether oxygens (including phenoxy) is 1. The average molecular weight is 141 g/mol. The summed E-state index contributed by atoms with van der Waals surface area (Å²) in [4.78, 5) is 10.6. The monoisotopic (exact) mass is 141 g/mol. The number of amides is 1. The van der Waals surface area contributed by atoms with Gasteiger partial charge in [-0.25, -0.2) is 0 Å². The minimum Gasteiger partial charge on any atom is -0.502 e. The van der Waals surface area contributed by atoms with Crippen molar-refractivity contribution in [2.24, 2.45) is 11.7 Å². The average Bonchev–Trinajstić information content (AvgIpc) is 2.12. The fourth-order valence-electron chi connectivity index (χ4n) is 0.938. The molecule has 0 aromatic rings. The molecule has 1 unspecified atom stereocenters. The van der Waals surface area contributed by atoms with Gasteiger partial charge in [0.15, 0.2) is 0 Å². The number of carbonyl (C=O) groups excluding carboxylic acids is 1.